The normalized spacial score (nSPS) is 11.1. The average Bonchev–Trinajstić information content (AvgIpc) is 2.52. The smallest absolute Gasteiger partial charge is 0.271 e. The van der Waals surface area contributed by atoms with Gasteiger partial charge in [0.1, 0.15) is 11.5 Å². The summed E-state index contributed by atoms with van der Waals surface area (Å²) < 4.78 is 0. The zero-order valence-electron chi connectivity index (χ0n) is 12.1. The maximum atomic E-state index is 12.0. The van der Waals surface area contributed by atoms with Crippen molar-refractivity contribution in [1.29, 1.82) is 0 Å². The first kappa shape index (κ1) is 16.0. The van der Waals surface area contributed by atoms with Crippen LogP contribution in [0.25, 0.3) is 0 Å². The molecule has 0 spiro atoms. The lowest BCUT2D eigenvalue weighted by molar-refractivity contribution is -0.384. The number of carbonyl (C=O) groups excluding carboxylic acids is 1. The summed E-state index contributed by atoms with van der Waals surface area (Å²) in [4.78, 5) is 22.0. The largest absolute Gasteiger partial charge is 0.507 e. The van der Waals surface area contributed by atoms with Crippen molar-refractivity contribution in [2.24, 2.45) is 5.10 Å². The first-order valence-electron chi connectivity index (χ1n) is 6.50. The van der Waals surface area contributed by atoms with E-state index in [1.54, 1.807) is 0 Å². The fraction of sp³-hybridized carbons (Fsp3) is 0.0667. The monoisotopic (exact) mass is 315 g/mol. The highest BCUT2D eigenvalue weighted by Crippen LogP contribution is 2.26. The Balaban J connectivity index is 2.21. The first-order valence-corrected chi connectivity index (χ1v) is 6.50. The number of hydrazone groups is 1. The minimum Gasteiger partial charge on any atom is -0.507 e. The third kappa shape index (κ3) is 3.62. The van der Waals surface area contributed by atoms with Crippen molar-refractivity contribution in [1.82, 2.24) is 5.43 Å². The van der Waals surface area contributed by atoms with Gasteiger partial charge in [0.15, 0.2) is 0 Å². The van der Waals surface area contributed by atoms with Crippen LogP contribution in [0.1, 0.15) is 22.8 Å². The van der Waals surface area contributed by atoms with E-state index in [1.807, 2.05) is 0 Å². The number of carbonyl (C=O) groups is 1. The number of hydrogen-bond donors (Lipinski definition) is 3. The number of nitro groups is 1. The van der Waals surface area contributed by atoms with Gasteiger partial charge in [0, 0.05) is 17.7 Å². The quantitative estimate of drug-likeness (QED) is 0.453. The molecule has 0 unspecified atom stereocenters. The van der Waals surface area contributed by atoms with Gasteiger partial charge in [-0.25, -0.2) is 5.43 Å². The summed E-state index contributed by atoms with van der Waals surface area (Å²) in [5.74, 6) is -1.02. The van der Waals surface area contributed by atoms with Gasteiger partial charge in [-0.1, -0.05) is 12.1 Å². The molecule has 2 aromatic carbocycles. The Hall–Kier alpha value is -3.42. The van der Waals surface area contributed by atoms with E-state index in [-0.39, 0.29) is 34.0 Å². The van der Waals surface area contributed by atoms with Gasteiger partial charge in [-0.3, -0.25) is 14.9 Å². The molecule has 3 N–H and O–H groups in total. The van der Waals surface area contributed by atoms with E-state index in [1.165, 1.54) is 43.3 Å². The Morgan fingerprint density at radius 3 is 2.39 bits per heavy atom. The lowest BCUT2D eigenvalue weighted by atomic mass is 10.1. The summed E-state index contributed by atoms with van der Waals surface area (Å²) in [5.41, 5.74) is 2.35. The fourth-order valence-corrected chi connectivity index (χ4v) is 1.91. The van der Waals surface area contributed by atoms with Gasteiger partial charge in [-0.15, -0.1) is 0 Å². The predicted octanol–water partition coefficient (Wildman–Crippen LogP) is 2.16. The maximum Gasteiger partial charge on any atom is 0.271 e. The highest BCUT2D eigenvalue weighted by molar-refractivity contribution is 6.04. The summed E-state index contributed by atoms with van der Waals surface area (Å²) in [6, 6.07) is 9.39. The molecule has 0 radical (unpaired) electrons. The Morgan fingerprint density at radius 1 is 1.17 bits per heavy atom. The van der Waals surface area contributed by atoms with Crippen LogP contribution in [0.3, 0.4) is 0 Å². The van der Waals surface area contributed by atoms with Crippen molar-refractivity contribution >= 4 is 17.3 Å². The van der Waals surface area contributed by atoms with Gasteiger partial charge in [0.05, 0.1) is 16.2 Å². The van der Waals surface area contributed by atoms with E-state index in [0.29, 0.717) is 0 Å². The van der Waals surface area contributed by atoms with Crippen molar-refractivity contribution in [3.63, 3.8) is 0 Å². The Kier molecular flexibility index (Phi) is 4.55. The Labute approximate surface area is 130 Å². The Morgan fingerprint density at radius 2 is 1.78 bits per heavy atom. The minimum absolute atomic E-state index is 0.0669. The molecular weight excluding hydrogens is 302 g/mol. The molecule has 0 aliphatic heterocycles. The number of hydrogen-bond acceptors (Lipinski definition) is 6. The maximum absolute atomic E-state index is 12.0. The molecule has 0 aromatic heterocycles. The molecule has 0 saturated heterocycles. The first-order chi connectivity index (χ1) is 10.9. The number of nitrogens with one attached hydrogen (secondary N) is 1. The molecule has 118 valence electrons. The van der Waals surface area contributed by atoms with Crippen LogP contribution in [-0.4, -0.2) is 26.8 Å². The number of aromatic hydroxyl groups is 2. The second-order valence-corrected chi connectivity index (χ2v) is 4.62. The lowest BCUT2D eigenvalue weighted by Crippen LogP contribution is -2.19. The third-order valence-corrected chi connectivity index (χ3v) is 3.03. The van der Waals surface area contributed by atoms with Gasteiger partial charge >= 0.3 is 0 Å². The SMILES string of the molecule is CC(=NNC(=O)c1cccc([N+](=O)[O-])c1)c1c(O)cccc1O. The molecule has 0 aliphatic rings. The van der Waals surface area contributed by atoms with Gasteiger partial charge < -0.3 is 10.2 Å². The van der Waals surface area contributed by atoms with Crippen LogP contribution in [0.4, 0.5) is 5.69 Å². The van der Waals surface area contributed by atoms with E-state index >= 15 is 0 Å². The number of rotatable bonds is 4. The molecule has 2 rings (SSSR count). The van der Waals surface area contributed by atoms with Crippen LogP contribution in [-0.2, 0) is 0 Å². The second-order valence-electron chi connectivity index (χ2n) is 4.62. The highest BCUT2D eigenvalue weighted by atomic mass is 16.6. The number of benzene rings is 2. The van der Waals surface area contributed by atoms with Crippen LogP contribution < -0.4 is 5.43 Å². The summed E-state index contributed by atoms with van der Waals surface area (Å²) in [6.07, 6.45) is 0. The van der Waals surface area contributed by atoms with Crippen molar-refractivity contribution in [3.05, 3.63) is 63.7 Å². The van der Waals surface area contributed by atoms with E-state index in [2.05, 4.69) is 10.5 Å². The summed E-state index contributed by atoms with van der Waals surface area (Å²) in [5, 5.41) is 33.9. The van der Waals surface area contributed by atoms with Crippen molar-refractivity contribution < 1.29 is 19.9 Å². The molecular formula is C15H13N3O5. The molecule has 23 heavy (non-hydrogen) atoms. The standard InChI is InChI=1S/C15H13N3O5/c1-9(14-12(19)6-3-7-13(14)20)16-17-15(21)10-4-2-5-11(8-10)18(22)23/h2-8,19-20H,1H3,(H,17,21). The summed E-state index contributed by atoms with van der Waals surface area (Å²) in [6.45, 7) is 1.49. The predicted molar refractivity (Wildman–Crippen MR) is 82.5 cm³/mol. The number of amides is 1. The second kappa shape index (κ2) is 6.56. The molecule has 0 saturated carbocycles. The molecule has 0 heterocycles. The fourth-order valence-electron chi connectivity index (χ4n) is 1.91. The topological polar surface area (TPSA) is 125 Å². The zero-order chi connectivity index (χ0) is 17.0. The van der Waals surface area contributed by atoms with Crippen LogP contribution in [0, 0.1) is 10.1 Å². The van der Waals surface area contributed by atoms with E-state index in [4.69, 9.17) is 0 Å². The number of nitrogens with zero attached hydrogens (tertiary/aromatic N) is 2. The molecule has 0 fully saturated rings. The van der Waals surface area contributed by atoms with Crippen LogP contribution in [0.15, 0.2) is 47.6 Å². The van der Waals surface area contributed by atoms with Crippen molar-refractivity contribution in [2.75, 3.05) is 0 Å². The number of non-ortho nitro benzene ring substituents is 1. The van der Waals surface area contributed by atoms with Crippen LogP contribution in [0.5, 0.6) is 11.5 Å². The van der Waals surface area contributed by atoms with Gasteiger partial charge in [0.25, 0.3) is 11.6 Å². The number of nitro benzene ring substituents is 1. The lowest BCUT2D eigenvalue weighted by Gasteiger charge is -2.07. The molecule has 8 heteroatoms. The molecule has 2 aromatic rings. The van der Waals surface area contributed by atoms with Crippen molar-refractivity contribution in [3.8, 4) is 11.5 Å². The number of phenols is 2. The van der Waals surface area contributed by atoms with Gasteiger partial charge in [-0.05, 0) is 25.1 Å². The molecule has 0 atom stereocenters. The van der Waals surface area contributed by atoms with Crippen molar-refractivity contribution in [2.45, 2.75) is 6.92 Å². The summed E-state index contributed by atoms with van der Waals surface area (Å²) >= 11 is 0. The Bertz CT molecular complexity index is 781. The van der Waals surface area contributed by atoms with Gasteiger partial charge in [0.2, 0.25) is 0 Å². The molecule has 1 amide bonds. The van der Waals surface area contributed by atoms with E-state index in [0.717, 1.165) is 6.07 Å². The summed E-state index contributed by atoms with van der Waals surface area (Å²) in [7, 11) is 0. The van der Waals surface area contributed by atoms with E-state index in [9.17, 15) is 25.1 Å². The molecule has 0 bridgehead atoms. The number of phenolic OH excluding ortho intramolecular Hbond substituents is 2. The van der Waals surface area contributed by atoms with Crippen LogP contribution in [0.2, 0.25) is 0 Å². The zero-order valence-corrected chi connectivity index (χ0v) is 12.1. The van der Waals surface area contributed by atoms with Gasteiger partial charge in [-0.2, -0.15) is 5.10 Å². The molecule has 8 nitrogen and oxygen atoms in total. The molecule has 0 aliphatic carbocycles. The third-order valence-electron chi connectivity index (χ3n) is 3.03. The van der Waals surface area contributed by atoms with Crippen LogP contribution >= 0.6 is 0 Å². The minimum atomic E-state index is -0.650. The highest BCUT2D eigenvalue weighted by Gasteiger charge is 2.13. The van der Waals surface area contributed by atoms with E-state index < -0.39 is 10.8 Å². The average molecular weight is 315 g/mol.